The molecule has 0 saturated carbocycles. The van der Waals surface area contributed by atoms with E-state index in [0.29, 0.717) is 12.0 Å². The van der Waals surface area contributed by atoms with Gasteiger partial charge in [-0.15, -0.1) is 0 Å². The molecule has 0 aromatic heterocycles. The molecule has 0 aromatic carbocycles. The highest BCUT2D eigenvalue weighted by Crippen LogP contribution is 2.26. The molecular weight excluding hydrogens is 224 g/mol. The van der Waals surface area contributed by atoms with E-state index < -0.39 is 0 Å². The maximum atomic E-state index is 5.33. The zero-order chi connectivity index (χ0) is 13.1. The molecule has 0 aliphatic carbocycles. The van der Waals surface area contributed by atoms with Gasteiger partial charge < -0.3 is 0 Å². The molecule has 2 unspecified atom stereocenters. The summed E-state index contributed by atoms with van der Waals surface area (Å²) in [5, 5.41) is 0. The molecule has 2 nitrogen and oxygen atoms in total. The molecule has 0 bridgehead atoms. The van der Waals surface area contributed by atoms with Gasteiger partial charge in [-0.2, -0.15) is 0 Å². The van der Waals surface area contributed by atoms with Crippen molar-refractivity contribution in [2.24, 2.45) is 5.92 Å². The van der Waals surface area contributed by atoms with Gasteiger partial charge in [-0.3, -0.25) is 0 Å². The lowest BCUT2D eigenvalue weighted by Crippen LogP contribution is -2.18. The Kier molecular flexibility index (Phi) is 9.59. The van der Waals surface area contributed by atoms with Crippen molar-refractivity contribution in [3.05, 3.63) is 0 Å². The molecule has 0 radical (unpaired) electrons. The van der Waals surface area contributed by atoms with Crippen LogP contribution in [0, 0.1) is 5.92 Å². The quantitative estimate of drug-likeness (QED) is 0.370. The molecule has 1 rings (SSSR count). The average molecular weight is 256 g/mol. The van der Waals surface area contributed by atoms with Crippen molar-refractivity contribution in [2.75, 3.05) is 6.61 Å². The predicted octanol–water partition coefficient (Wildman–Crippen LogP) is 5.26. The first-order valence-corrected chi connectivity index (χ1v) is 8.16. The lowest BCUT2D eigenvalue weighted by molar-refractivity contribution is -0.283. The number of hydrogen-bond donors (Lipinski definition) is 0. The van der Waals surface area contributed by atoms with Crippen LogP contribution in [-0.4, -0.2) is 12.7 Å². The Morgan fingerprint density at radius 3 is 2.17 bits per heavy atom. The number of rotatable bonds is 11. The molecule has 18 heavy (non-hydrogen) atoms. The van der Waals surface area contributed by atoms with E-state index in [1.165, 1.54) is 64.2 Å². The Labute approximate surface area is 113 Å². The first kappa shape index (κ1) is 16.0. The van der Waals surface area contributed by atoms with E-state index in [4.69, 9.17) is 9.78 Å². The highest BCUT2D eigenvalue weighted by Gasteiger charge is 2.25. The minimum Gasteiger partial charge on any atom is -0.236 e. The largest absolute Gasteiger partial charge is 0.236 e. The zero-order valence-electron chi connectivity index (χ0n) is 12.5. The molecule has 0 spiro atoms. The Hall–Kier alpha value is -0.0800. The molecule has 0 aromatic rings. The second-order valence-corrected chi connectivity index (χ2v) is 5.68. The highest BCUT2D eigenvalue weighted by molar-refractivity contribution is 4.70. The monoisotopic (exact) mass is 256 g/mol. The van der Waals surface area contributed by atoms with Crippen LogP contribution in [0.4, 0.5) is 0 Å². The van der Waals surface area contributed by atoms with Crippen molar-refractivity contribution in [2.45, 2.75) is 90.6 Å². The van der Waals surface area contributed by atoms with Crippen LogP contribution in [-0.2, 0) is 9.78 Å². The predicted molar refractivity (Wildman–Crippen MR) is 76.5 cm³/mol. The topological polar surface area (TPSA) is 18.5 Å². The molecule has 2 atom stereocenters. The summed E-state index contributed by atoms with van der Waals surface area (Å²) in [6.45, 7) is 5.34. The molecule has 2 heteroatoms. The van der Waals surface area contributed by atoms with E-state index in [0.717, 1.165) is 13.0 Å². The number of unbranched alkanes of at least 4 members (excludes halogenated alkanes) is 7. The molecule has 1 aliphatic rings. The molecule has 1 heterocycles. The summed E-state index contributed by atoms with van der Waals surface area (Å²) >= 11 is 0. The second-order valence-electron chi connectivity index (χ2n) is 5.68. The Bertz CT molecular complexity index is 176. The standard InChI is InChI=1S/C16H32O2/c1-3-5-6-7-8-9-10-11-12-15(4-2)16-13-14-17-18-16/h15-16H,3-14H2,1-2H3. The average Bonchev–Trinajstić information content (AvgIpc) is 2.91. The minimum absolute atomic E-state index is 0.375. The summed E-state index contributed by atoms with van der Waals surface area (Å²) < 4.78 is 0. The van der Waals surface area contributed by atoms with Gasteiger partial charge in [0.15, 0.2) is 0 Å². The van der Waals surface area contributed by atoms with Gasteiger partial charge in [0, 0.05) is 6.42 Å². The SMILES string of the molecule is CCCCCCCCCCC(CC)C1CCOO1. The van der Waals surface area contributed by atoms with Gasteiger partial charge in [0.25, 0.3) is 0 Å². The van der Waals surface area contributed by atoms with E-state index in [2.05, 4.69) is 13.8 Å². The van der Waals surface area contributed by atoms with E-state index in [9.17, 15) is 0 Å². The van der Waals surface area contributed by atoms with E-state index in [-0.39, 0.29) is 0 Å². The van der Waals surface area contributed by atoms with Gasteiger partial charge in [-0.05, 0) is 12.3 Å². The normalized spacial score (nSPS) is 21.3. The van der Waals surface area contributed by atoms with Gasteiger partial charge in [0.05, 0.1) is 12.7 Å². The van der Waals surface area contributed by atoms with Gasteiger partial charge in [0.2, 0.25) is 0 Å². The van der Waals surface area contributed by atoms with Crippen LogP contribution in [0.1, 0.15) is 84.5 Å². The lowest BCUT2D eigenvalue weighted by atomic mass is 9.91. The van der Waals surface area contributed by atoms with Crippen molar-refractivity contribution in [1.82, 2.24) is 0 Å². The summed E-state index contributed by atoms with van der Waals surface area (Å²) in [7, 11) is 0. The molecule has 0 amide bonds. The van der Waals surface area contributed by atoms with Gasteiger partial charge in [0.1, 0.15) is 0 Å². The third-order valence-electron chi connectivity index (χ3n) is 4.16. The smallest absolute Gasteiger partial charge is 0.0981 e. The molecule has 1 aliphatic heterocycles. The fraction of sp³-hybridized carbons (Fsp3) is 1.00. The van der Waals surface area contributed by atoms with Crippen molar-refractivity contribution in [3.63, 3.8) is 0 Å². The lowest BCUT2D eigenvalue weighted by Gasteiger charge is -2.19. The van der Waals surface area contributed by atoms with Crippen LogP contribution in [0.3, 0.4) is 0 Å². The summed E-state index contributed by atoms with van der Waals surface area (Å²) in [4.78, 5) is 10.4. The van der Waals surface area contributed by atoms with Crippen LogP contribution >= 0.6 is 0 Å². The second kappa shape index (κ2) is 10.8. The minimum atomic E-state index is 0.375. The third-order valence-corrected chi connectivity index (χ3v) is 4.16. The first-order valence-electron chi connectivity index (χ1n) is 8.16. The van der Waals surface area contributed by atoms with E-state index in [1.807, 2.05) is 0 Å². The summed E-state index contributed by atoms with van der Waals surface area (Å²) in [5.41, 5.74) is 0. The van der Waals surface area contributed by atoms with E-state index in [1.54, 1.807) is 0 Å². The fourth-order valence-electron chi connectivity index (χ4n) is 2.86. The Balaban J connectivity index is 1.92. The Morgan fingerprint density at radius 1 is 0.944 bits per heavy atom. The Morgan fingerprint density at radius 2 is 1.61 bits per heavy atom. The van der Waals surface area contributed by atoms with Gasteiger partial charge in [-0.25, -0.2) is 9.78 Å². The summed E-state index contributed by atoms with van der Waals surface area (Å²) in [6.07, 6.45) is 15.3. The third kappa shape index (κ3) is 6.75. The van der Waals surface area contributed by atoms with Crippen LogP contribution in [0.2, 0.25) is 0 Å². The van der Waals surface area contributed by atoms with Crippen LogP contribution < -0.4 is 0 Å². The van der Waals surface area contributed by atoms with Gasteiger partial charge >= 0.3 is 0 Å². The molecule has 0 N–H and O–H groups in total. The number of hydrogen-bond acceptors (Lipinski definition) is 2. The summed E-state index contributed by atoms with van der Waals surface area (Å²) in [5.74, 6) is 0.715. The summed E-state index contributed by atoms with van der Waals surface area (Å²) in [6, 6.07) is 0. The first-order chi connectivity index (χ1) is 8.88. The van der Waals surface area contributed by atoms with Crippen molar-refractivity contribution in [3.8, 4) is 0 Å². The van der Waals surface area contributed by atoms with E-state index >= 15 is 0 Å². The fourth-order valence-corrected chi connectivity index (χ4v) is 2.86. The van der Waals surface area contributed by atoms with Crippen molar-refractivity contribution < 1.29 is 9.78 Å². The van der Waals surface area contributed by atoms with Gasteiger partial charge in [-0.1, -0.05) is 71.6 Å². The van der Waals surface area contributed by atoms with Crippen molar-refractivity contribution >= 4 is 0 Å². The van der Waals surface area contributed by atoms with Crippen LogP contribution in [0.15, 0.2) is 0 Å². The van der Waals surface area contributed by atoms with Crippen LogP contribution in [0.25, 0.3) is 0 Å². The van der Waals surface area contributed by atoms with Crippen molar-refractivity contribution in [1.29, 1.82) is 0 Å². The van der Waals surface area contributed by atoms with Crippen LogP contribution in [0.5, 0.6) is 0 Å². The molecule has 108 valence electrons. The zero-order valence-corrected chi connectivity index (χ0v) is 12.5. The maximum absolute atomic E-state index is 5.33. The molecule has 1 fully saturated rings. The highest BCUT2D eigenvalue weighted by atomic mass is 17.2. The maximum Gasteiger partial charge on any atom is 0.0981 e. The molecular formula is C16H32O2. The molecule has 1 saturated heterocycles.